The van der Waals surface area contributed by atoms with Crippen LogP contribution in [0.4, 0.5) is 11.4 Å². The third kappa shape index (κ3) is 2.51. The van der Waals surface area contributed by atoms with Crippen molar-refractivity contribution in [1.82, 2.24) is 0 Å². The maximum atomic E-state index is 6.06. The second-order valence-electron chi connectivity index (χ2n) is 4.54. The van der Waals surface area contributed by atoms with Gasteiger partial charge >= 0.3 is 0 Å². The van der Waals surface area contributed by atoms with Gasteiger partial charge in [-0.15, -0.1) is 0 Å². The Morgan fingerprint density at radius 2 is 2.19 bits per heavy atom. The summed E-state index contributed by atoms with van der Waals surface area (Å²) >= 11 is 3.44. The van der Waals surface area contributed by atoms with E-state index in [2.05, 4.69) is 39.9 Å². The number of hydrogen-bond donors (Lipinski definition) is 1. The van der Waals surface area contributed by atoms with Crippen LogP contribution in [-0.2, 0) is 0 Å². The zero-order valence-corrected chi connectivity index (χ0v) is 11.3. The van der Waals surface area contributed by atoms with E-state index in [4.69, 9.17) is 5.73 Å². The minimum absolute atomic E-state index is 0.871. The van der Waals surface area contributed by atoms with Crippen molar-refractivity contribution in [1.29, 1.82) is 0 Å². The minimum Gasteiger partial charge on any atom is -0.397 e. The van der Waals surface area contributed by atoms with Gasteiger partial charge in [0.2, 0.25) is 0 Å². The summed E-state index contributed by atoms with van der Waals surface area (Å²) in [5.74, 6) is 0.878. The van der Waals surface area contributed by atoms with Gasteiger partial charge in [-0.2, -0.15) is 0 Å². The zero-order chi connectivity index (χ0) is 11.5. The van der Waals surface area contributed by atoms with Crippen LogP contribution >= 0.6 is 15.9 Å². The molecule has 1 fully saturated rings. The number of benzene rings is 1. The fraction of sp³-hybridized carbons (Fsp3) is 0.538. The molecule has 1 aromatic rings. The Morgan fingerprint density at radius 1 is 1.44 bits per heavy atom. The molecule has 2 rings (SSSR count). The lowest BCUT2D eigenvalue weighted by Gasteiger charge is -2.33. The molecule has 1 aliphatic rings. The van der Waals surface area contributed by atoms with Gasteiger partial charge in [0.05, 0.1) is 11.4 Å². The average Bonchev–Trinajstić information content (AvgIpc) is 2.18. The van der Waals surface area contributed by atoms with E-state index in [0.717, 1.165) is 29.2 Å². The molecule has 0 bridgehead atoms. The van der Waals surface area contributed by atoms with E-state index in [1.54, 1.807) is 0 Å². The predicted molar refractivity (Wildman–Crippen MR) is 73.8 cm³/mol. The molecular weight excluding hydrogens is 264 g/mol. The quantitative estimate of drug-likeness (QED) is 0.854. The van der Waals surface area contributed by atoms with Gasteiger partial charge in [0.1, 0.15) is 0 Å². The molecule has 2 N–H and O–H groups in total. The van der Waals surface area contributed by atoms with Crippen molar-refractivity contribution in [2.45, 2.75) is 26.2 Å². The summed E-state index contributed by atoms with van der Waals surface area (Å²) in [4.78, 5) is 2.39. The van der Waals surface area contributed by atoms with E-state index in [9.17, 15) is 0 Å². The standard InChI is InChI=1S/C13H19BrN2/c1-2-16(9-10-4-3-5-10)13-7-6-11(14)8-12(13)15/h6-8,10H,2-5,9,15H2,1H3. The number of nitrogens with two attached hydrogens (primary N) is 1. The molecule has 0 aliphatic heterocycles. The predicted octanol–water partition coefficient (Wildman–Crippen LogP) is 3.66. The van der Waals surface area contributed by atoms with Crippen LogP contribution in [0.15, 0.2) is 22.7 Å². The monoisotopic (exact) mass is 282 g/mol. The number of nitrogen functional groups attached to an aromatic ring is 1. The van der Waals surface area contributed by atoms with Crippen molar-refractivity contribution in [3.63, 3.8) is 0 Å². The van der Waals surface area contributed by atoms with E-state index in [1.807, 2.05) is 6.07 Å². The van der Waals surface area contributed by atoms with E-state index < -0.39 is 0 Å². The number of hydrogen-bond acceptors (Lipinski definition) is 2. The average molecular weight is 283 g/mol. The molecule has 88 valence electrons. The highest BCUT2D eigenvalue weighted by Gasteiger charge is 2.21. The van der Waals surface area contributed by atoms with Crippen molar-refractivity contribution in [3.05, 3.63) is 22.7 Å². The molecule has 0 atom stereocenters. The minimum atomic E-state index is 0.871. The number of nitrogens with zero attached hydrogens (tertiary/aromatic N) is 1. The van der Waals surface area contributed by atoms with Gasteiger partial charge in [-0.1, -0.05) is 22.4 Å². The van der Waals surface area contributed by atoms with Gasteiger partial charge < -0.3 is 10.6 Å². The van der Waals surface area contributed by atoms with Gasteiger partial charge in [-0.3, -0.25) is 0 Å². The van der Waals surface area contributed by atoms with Crippen LogP contribution in [0.2, 0.25) is 0 Å². The number of anilines is 2. The Morgan fingerprint density at radius 3 is 2.69 bits per heavy atom. The largest absolute Gasteiger partial charge is 0.397 e. The van der Waals surface area contributed by atoms with Gasteiger partial charge in [-0.05, 0) is 43.9 Å². The fourth-order valence-corrected chi connectivity index (χ4v) is 2.58. The maximum absolute atomic E-state index is 6.06. The first-order valence-corrected chi connectivity index (χ1v) is 6.80. The van der Waals surface area contributed by atoms with Crippen LogP contribution < -0.4 is 10.6 Å². The third-order valence-electron chi connectivity index (χ3n) is 3.42. The van der Waals surface area contributed by atoms with Crippen LogP contribution in [0.5, 0.6) is 0 Å². The van der Waals surface area contributed by atoms with Crippen LogP contribution in [0, 0.1) is 5.92 Å². The highest BCUT2D eigenvalue weighted by Crippen LogP contribution is 2.32. The van der Waals surface area contributed by atoms with Crippen LogP contribution in [0.3, 0.4) is 0 Å². The third-order valence-corrected chi connectivity index (χ3v) is 3.91. The highest BCUT2D eigenvalue weighted by molar-refractivity contribution is 9.10. The molecule has 1 saturated carbocycles. The summed E-state index contributed by atoms with van der Waals surface area (Å²) in [7, 11) is 0. The van der Waals surface area contributed by atoms with Gasteiger partial charge in [0.25, 0.3) is 0 Å². The zero-order valence-electron chi connectivity index (χ0n) is 9.75. The molecule has 0 spiro atoms. The highest BCUT2D eigenvalue weighted by atomic mass is 79.9. The van der Waals surface area contributed by atoms with Gasteiger partial charge in [0.15, 0.2) is 0 Å². The van der Waals surface area contributed by atoms with E-state index in [0.29, 0.717) is 0 Å². The number of halogens is 1. The molecule has 0 saturated heterocycles. The Bertz CT molecular complexity index is 361. The van der Waals surface area contributed by atoms with Gasteiger partial charge in [-0.25, -0.2) is 0 Å². The molecule has 16 heavy (non-hydrogen) atoms. The van der Waals surface area contributed by atoms with Crippen molar-refractivity contribution < 1.29 is 0 Å². The summed E-state index contributed by atoms with van der Waals surface area (Å²) in [6.07, 6.45) is 4.16. The lowest BCUT2D eigenvalue weighted by Crippen LogP contribution is -2.32. The van der Waals surface area contributed by atoms with Crippen molar-refractivity contribution in [2.24, 2.45) is 5.92 Å². The van der Waals surface area contributed by atoms with E-state index in [1.165, 1.54) is 24.9 Å². The molecule has 2 nitrogen and oxygen atoms in total. The Kier molecular flexibility index (Phi) is 3.74. The lowest BCUT2D eigenvalue weighted by atomic mass is 9.85. The van der Waals surface area contributed by atoms with E-state index in [-0.39, 0.29) is 0 Å². The summed E-state index contributed by atoms with van der Waals surface area (Å²) in [5, 5.41) is 0. The first-order chi connectivity index (χ1) is 7.70. The topological polar surface area (TPSA) is 29.3 Å². The lowest BCUT2D eigenvalue weighted by molar-refractivity contribution is 0.318. The smallest absolute Gasteiger partial charge is 0.0600 e. The summed E-state index contributed by atoms with van der Waals surface area (Å²) in [6, 6.07) is 6.16. The van der Waals surface area contributed by atoms with E-state index >= 15 is 0 Å². The van der Waals surface area contributed by atoms with Crippen LogP contribution in [-0.4, -0.2) is 13.1 Å². The molecule has 3 heteroatoms. The van der Waals surface area contributed by atoms with Crippen molar-refractivity contribution in [2.75, 3.05) is 23.7 Å². The Labute approximate surface area is 106 Å². The Balaban J connectivity index is 2.11. The van der Waals surface area contributed by atoms with Crippen molar-refractivity contribution >= 4 is 27.3 Å². The SMILES string of the molecule is CCN(CC1CCC1)c1ccc(Br)cc1N. The molecular formula is C13H19BrN2. The summed E-state index contributed by atoms with van der Waals surface area (Å²) in [5.41, 5.74) is 8.11. The van der Waals surface area contributed by atoms with Crippen molar-refractivity contribution in [3.8, 4) is 0 Å². The van der Waals surface area contributed by atoms with Gasteiger partial charge in [0, 0.05) is 17.6 Å². The Hall–Kier alpha value is -0.700. The molecule has 1 aliphatic carbocycles. The molecule has 0 amide bonds. The second kappa shape index (κ2) is 5.09. The number of rotatable bonds is 4. The fourth-order valence-electron chi connectivity index (χ4n) is 2.20. The molecule has 0 unspecified atom stereocenters. The second-order valence-corrected chi connectivity index (χ2v) is 5.45. The summed E-state index contributed by atoms with van der Waals surface area (Å²) < 4.78 is 1.05. The first kappa shape index (κ1) is 11.8. The first-order valence-electron chi connectivity index (χ1n) is 6.00. The molecule has 0 heterocycles. The maximum Gasteiger partial charge on any atom is 0.0600 e. The summed E-state index contributed by atoms with van der Waals surface area (Å²) in [6.45, 7) is 4.38. The normalized spacial score (nSPS) is 15.9. The van der Waals surface area contributed by atoms with Crippen LogP contribution in [0.25, 0.3) is 0 Å². The molecule has 0 radical (unpaired) electrons. The van der Waals surface area contributed by atoms with Crippen LogP contribution in [0.1, 0.15) is 26.2 Å². The molecule has 0 aromatic heterocycles. The molecule has 1 aromatic carbocycles.